The molecule has 0 amide bonds. The van der Waals surface area contributed by atoms with Crippen molar-refractivity contribution in [3.63, 3.8) is 0 Å². The summed E-state index contributed by atoms with van der Waals surface area (Å²) in [4.78, 5) is 0. The number of hydrogen-bond donors (Lipinski definition) is 0. The van der Waals surface area contributed by atoms with Crippen molar-refractivity contribution in [1.82, 2.24) is 4.57 Å². The van der Waals surface area contributed by atoms with E-state index in [9.17, 15) is 0 Å². The van der Waals surface area contributed by atoms with E-state index in [0.717, 1.165) is 12.3 Å². The molecule has 0 aliphatic rings. The third-order valence-electron chi connectivity index (χ3n) is 2.32. The molecule has 0 aliphatic carbocycles. The fourth-order valence-corrected chi connectivity index (χ4v) is 1.58. The second-order valence-electron chi connectivity index (χ2n) is 3.60. The molecular formula is C12H15BrN2O. The van der Waals surface area contributed by atoms with E-state index < -0.39 is 0 Å². The quantitative estimate of drug-likeness (QED) is 0.619. The molecule has 4 heteroatoms. The zero-order valence-electron chi connectivity index (χ0n) is 9.43. The predicted molar refractivity (Wildman–Crippen MR) is 57.7 cm³/mol. The number of rotatable bonds is 3. The molecule has 0 saturated heterocycles. The van der Waals surface area contributed by atoms with Crippen LogP contribution in [0, 0.1) is 0 Å². The zero-order valence-corrected chi connectivity index (χ0v) is 11.0. The molecule has 2 rings (SSSR count). The minimum absolute atomic E-state index is 0. The van der Waals surface area contributed by atoms with Crippen molar-refractivity contribution in [3.05, 3.63) is 48.5 Å². The molecule has 0 spiro atoms. The maximum atomic E-state index is 5.18. The summed E-state index contributed by atoms with van der Waals surface area (Å²) in [6, 6.07) is 8.12. The van der Waals surface area contributed by atoms with Gasteiger partial charge in [0.15, 0.2) is 0 Å². The smallest absolute Gasteiger partial charge is 0.243 e. The number of hydrogen-bond acceptors (Lipinski definition) is 1. The van der Waals surface area contributed by atoms with Crippen LogP contribution < -0.4 is 26.3 Å². The Bertz CT molecular complexity index is 454. The maximum absolute atomic E-state index is 5.18. The number of aryl methyl sites for hydroxylation is 1. The Labute approximate surface area is 106 Å². The van der Waals surface area contributed by atoms with Crippen LogP contribution in [0.15, 0.2) is 43.0 Å². The van der Waals surface area contributed by atoms with Crippen LogP contribution in [0.4, 0.5) is 0 Å². The Morgan fingerprint density at radius 1 is 1.38 bits per heavy atom. The van der Waals surface area contributed by atoms with Gasteiger partial charge in [-0.3, -0.25) is 0 Å². The van der Waals surface area contributed by atoms with Crippen molar-refractivity contribution in [2.24, 2.45) is 7.05 Å². The van der Waals surface area contributed by atoms with Gasteiger partial charge in [0.2, 0.25) is 6.33 Å². The second kappa shape index (κ2) is 5.70. The Morgan fingerprint density at radius 2 is 2.19 bits per heavy atom. The Balaban J connectivity index is 0.00000128. The summed E-state index contributed by atoms with van der Waals surface area (Å²) < 4.78 is 9.34. The second-order valence-corrected chi connectivity index (χ2v) is 3.60. The number of halogens is 1. The predicted octanol–water partition coefficient (Wildman–Crippen LogP) is -1.63. The zero-order chi connectivity index (χ0) is 10.7. The van der Waals surface area contributed by atoms with Crippen LogP contribution in [0.1, 0.15) is 5.56 Å². The van der Waals surface area contributed by atoms with E-state index in [1.54, 1.807) is 7.11 Å². The van der Waals surface area contributed by atoms with Crippen molar-refractivity contribution in [1.29, 1.82) is 0 Å². The largest absolute Gasteiger partial charge is 1.00 e. The summed E-state index contributed by atoms with van der Waals surface area (Å²) in [6.45, 7) is 0.873. The van der Waals surface area contributed by atoms with E-state index in [1.165, 1.54) is 5.56 Å². The number of nitrogens with zero attached hydrogens (tertiary/aromatic N) is 2. The molecule has 0 fully saturated rings. The van der Waals surface area contributed by atoms with Gasteiger partial charge in [0, 0.05) is 0 Å². The average molecular weight is 283 g/mol. The van der Waals surface area contributed by atoms with E-state index >= 15 is 0 Å². The van der Waals surface area contributed by atoms with Gasteiger partial charge >= 0.3 is 0 Å². The molecule has 0 bridgehead atoms. The molecule has 1 aromatic carbocycles. The summed E-state index contributed by atoms with van der Waals surface area (Å²) in [5, 5.41) is 0. The highest BCUT2D eigenvalue weighted by atomic mass is 79.9. The molecule has 2 aromatic rings. The summed E-state index contributed by atoms with van der Waals surface area (Å²) in [6.07, 6.45) is 6.14. The lowest BCUT2D eigenvalue weighted by molar-refractivity contribution is -0.671. The van der Waals surface area contributed by atoms with Crippen molar-refractivity contribution >= 4 is 0 Å². The molecule has 16 heavy (non-hydrogen) atoms. The topological polar surface area (TPSA) is 18.0 Å². The first-order valence-electron chi connectivity index (χ1n) is 4.92. The van der Waals surface area contributed by atoms with Gasteiger partial charge in [0.1, 0.15) is 24.7 Å². The van der Waals surface area contributed by atoms with Gasteiger partial charge in [0.05, 0.1) is 14.2 Å². The standard InChI is InChI=1S/C12H15N2O.BrH/c1-13-6-7-14(10-13)9-11-4-3-5-12(8-11)15-2;/h3-8,10H,9H2,1-2H3;1H/q+1;/p-1. The molecule has 0 aliphatic heterocycles. The SMILES string of the molecule is COc1cccc(Cn2cc[n+](C)c2)c1.[Br-]. The first kappa shape index (κ1) is 12.8. The third kappa shape index (κ3) is 3.10. The normalized spacial score (nSPS) is 9.62. The van der Waals surface area contributed by atoms with Gasteiger partial charge in [-0.2, -0.15) is 0 Å². The summed E-state index contributed by atoms with van der Waals surface area (Å²) in [5.74, 6) is 0.907. The first-order valence-corrected chi connectivity index (χ1v) is 4.92. The van der Waals surface area contributed by atoms with Crippen LogP contribution >= 0.6 is 0 Å². The molecule has 3 nitrogen and oxygen atoms in total. The van der Waals surface area contributed by atoms with Crippen LogP contribution in [0.5, 0.6) is 5.75 Å². The highest BCUT2D eigenvalue weighted by Gasteiger charge is 2.02. The van der Waals surface area contributed by atoms with Crippen LogP contribution in [0.25, 0.3) is 0 Å². The Hall–Kier alpha value is -1.29. The molecular weight excluding hydrogens is 268 g/mol. The maximum Gasteiger partial charge on any atom is 0.243 e. The summed E-state index contributed by atoms with van der Waals surface area (Å²) in [7, 11) is 3.71. The molecule has 1 aromatic heterocycles. The lowest BCUT2D eigenvalue weighted by atomic mass is 10.2. The highest BCUT2D eigenvalue weighted by Crippen LogP contribution is 2.13. The third-order valence-corrected chi connectivity index (χ3v) is 2.32. The minimum atomic E-state index is 0. The first-order chi connectivity index (χ1) is 7.28. The van der Waals surface area contributed by atoms with Gasteiger partial charge in [-0.15, -0.1) is 0 Å². The lowest BCUT2D eigenvalue weighted by Gasteiger charge is -2.01. The lowest BCUT2D eigenvalue weighted by Crippen LogP contribution is -3.00. The van der Waals surface area contributed by atoms with Gasteiger partial charge in [-0.25, -0.2) is 9.13 Å². The monoisotopic (exact) mass is 282 g/mol. The molecule has 0 saturated carbocycles. The highest BCUT2D eigenvalue weighted by molar-refractivity contribution is 5.28. The van der Waals surface area contributed by atoms with E-state index in [0.29, 0.717) is 0 Å². The van der Waals surface area contributed by atoms with E-state index in [2.05, 4.69) is 29.2 Å². The van der Waals surface area contributed by atoms with E-state index in [1.807, 2.05) is 29.9 Å². The summed E-state index contributed by atoms with van der Waals surface area (Å²) >= 11 is 0. The Morgan fingerprint density at radius 3 is 2.81 bits per heavy atom. The van der Waals surface area contributed by atoms with Crippen molar-refractivity contribution in [3.8, 4) is 5.75 Å². The molecule has 1 heterocycles. The van der Waals surface area contributed by atoms with Gasteiger partial charge < -0.3 is 21.7 Å². The molecule has 0 unspecified atom stereocenters. The number of ether oxygens (including phenoxy) is 1. The van der Waals surface area contributed by atoms with Crippen molar-refractivity contribution in [2.45, 2.75) is 6.54 Å². The van der Waals surface area contributed by atoms with Crippen molar-refractivity contribution < 1.29 is 26.3 Å². The van der Waals surface area contributed by atoms with Crippen LogP contribution in [0.2, 0.25) is 0 Å². The fourth-order valence-electron chi connectivity index (χ4n) is 1.58. The number of benzene rings is 1. The molecule has 0 atom stereocenters. The number of imidazole rings is 1. The molecule has 86 valence electrons. The van der Waals surface area contributed by atoms with Gasteiger partial charge in [0.25, 0.3) is 0 Å². The van der Waals surface area contributed by atoms with Crippen molar-refractivity contribution in [2.75, 3.05) is 7.11 Å². The summed E-state index contributed by atoms with van der Waals surface area (Å²) in [5.41, 5.74) is 1.24. The van der Waals surface area contributed by atoms with E-state index in [4.69, 9.17) is 4.74 Å². The molecule has 0 radical (unpaired) electrons. The van der Waals surface area contributed by atoms with E-state index in [-0.39, 0.29) is 17.0 Å². The number of methoxy groups -OCH3 is 1. The molecule has 0 N–H and O–H groups in total. The van der Waals surface area contributed by atoms with Crippen LogP contribution in [-0.4, -0.2) is 11.7 Å². The Kier molecular flexibility index (Phi) is 4.55. The average Bonchev–Trinajstić information content (AvgIpc) is 2.64. The van der Waals surface area contributed by atoms with Gasteiger partial charge in [-0.1, -0.05) is 12.1 Å². The van der Waals surface area contributed by atoms with Crippen LogP contribution in [-0.2, 0) is 13.6 Å². The van der Waals surface area contributed by atoms with Crippen LogP contribution in [0.3, 0.4) is 0 Å². The minimum Gasteiger partial charge on any atom is -1.00 e. The number of aromatic nitrogens is 2. The van der Waals surface area contributed by atoms with Gasteiger partial charge in [-0.05, 0) is 17.7 Å². The fraction of sp³-hybridized carbons (Fsp3) is 0.250.